The number of hydrogen-bond acceptors (Lipinski definition) is 2. The Morgan fingerprint density at radius 3 is 2.95 bits per heavy atom. The third kappa shape index (κ3) is 5.06. The zero-order valence-corrected chi connectivity index (χ0v) is 11.9. The molecular formula is C17H24N2. The first-order valence-corrected chi connectivity index (χ1v) is 7.28. The summed E-state index contributed by atoms with van der Waals surface area (Å²) in [6, 6.07) is 11.4. The van der Waals surface area contributed by atoms with Crippen LogP contribution in [0.15, 0.2) is 30.3 Å². The van der Waals surface area contributed by atoms with Crippen LogP contribution in [0, 0.1) is 11.8 Å². The van der Waals surface area contributed by atoms with Gasteiger partial charge in [-0.2, -0.15) is 0 Å². The minimum Gasteiger partial charge on any atom is -0.312 e. The Morgan fingerprint density at radius 1 is 1.32 bits per heavy atom. The molecule has 0 radical (unpaired) electrons. The van der Waals surface area contributed by atoms with Gasteiger partial charge in [-0.15, -0.1) is 11.8 Å². The van der Waals surface area contributed by atoms with Crippen molar-refractivity contribution in [3.05, 3.63) is 35.9 Å². The summed E-state index contributed by atoms with van der Waals surface area (Å²) in [6.45, 7) is 6.39. The van der Waals surface area contributed by atoms with E-state index >= 15 is 0 Å². The molecular weight excluding hydrogens is 232 g/mol. The Hall–Kier alpha value is -1.30. The van der Waals surface area contributed by atoms with Crippen molar-refractivity contribution < 1.29 is 0 Å². The third-order valence-corrected chi connectivity index (χ3v) is 3.61. The highest BCUT2D eigenvalue weighted by atomic mass is 15.2. The van der Waals surface area contributed by atoms with Gasteiger partial charge in [0.2, 0.25) is 0 Å². The molecule has 0 aliphatic carbocycles. The fourth-order valence-corrected chi connectivity index (χ4v) is 2.67. The second kappa shape index (κ2) is 7.99. The number of rotatable bonds is 5. The third-order valence-electron chi connectivity index (χ3n) is 3.61. The van der Waals surface area contributed by atoms with Crippen LogP contribution in [0.4, 0.5) is 0 Å². The zero-order valence-electron chi connectivity index (χ0n) is 11.9. The van der Waals surface area contributed by atoms with Gasteiger partial charge in [-0.25, -0.2) is 0 Å². The molecule has 0 spiro atoms. The molecule has 1 aliphatic heterocycles. The van der Waals surface area contributed by atoms with Gasteiger partial charge in [0.15, 0.2) is 0 Å². The molecule has 0 saturated carbocycles. The van der Waals surface area contributed by atoms with Gasteiger partial charge in [-0.3, -0.25) is 4.90 Å². The van der Waals surface area contributed by atoms with E-state index in [9.17, 15) is 0 Å². The zero-order chi connectivity index (χ0) is 13.3. The van der Waals surface area contributed by atoms with Gasteiger partial charge in [-0.05, 0) is 31.9 Å². The standard InChI is InChI=1S/C17H24N2/c1-2-3-7-12-18-17-11-8-13-19(15-17)14-16-9-5-4-6-10-16/h4-6,9-10,17-18H,7-8,11-15H2,1H3. The smallest absolute Gasteiger partial charge is 0.0234 e. The lowest BCUT2D eigenvalue weighted by atomic mass is 10.0. The summed E-state index contributed by atoms with van der Waals surface area (Å²) in [5, 5.41) is 3.63. The van der Waals surface area contributed by atoms with E-state index in [1.807, 2.05) is 6.92 Å². The minimum absolute atomic E-state index is 0.635. The van der Waals surface area contributed by atoms with Gasteiger partial charge in [-0.1, -0.05) is 30.3 Å². The highest BCUT2D eigenvalue weighted by Crippen LogP contribution is 2.13. The number of benzene rings is 1. The molecule has 0 amide bonds. The average molecular weight is 256 g/mol. The number of likely N-dealkylation sites (tertiary alicyclic amines) is 1. The van der Waals surface area contributed by atoms with E-state index in [0.717, 1.165) is 26.1 Å². The molecule has 0 bridgehead atoms. The van der Waals surface area contributed by atoms with Crippen LogP contribution in [0.25, 0.3) is 0 Å². The summed E-state index contributed by atoms with van der Waals surface area (Å²) in [4.78, 5) is 2.56. The molecule has 1 N–H and O–H groups in total. The van der Waals surface area contributed by atoms with Gasteiger partial charge in [0.25, 0.3) is 0 Å². The van der Waals surface area contributed by atoms with Crippen LogP contribution in [-0.2, 0) is 6.54 Å². The molecule has 1 atom stereocenters. The van der Waals surface area contributed by atoms with E-state index < -0.39 is 0 Å². The fraction of sp³-hybridized carbons (Fsp3) is 0.529. The molecule has 1 unspecified atom stereocenters. The molecule has 1 aromatic carbocycles. The van der Waals surface area contributed by atoms with Crippen molar-refractivity contribution in [1.29, 1.82) is 0 Å². The monoisotopic (exact) mass is 256 g/mol. The van der Waals surface area contributed by atoms with Crippen molar-refractivity contribution in [2.45, 2.75) is 38.8 Å². The maximum atomic E-state index is 3.63. The lowest BCUT2D eigenvalue weighted by Gasteiger charge is -2.33. The van der Waals surface area contributed by atoms with Crippen LogP contribution in [0.5, 0.6) is 0 Å². The molecule has 0 aromatic heterocycles. The first-order valence-electron chi connectivity index (χ1n) is 7.28. The molecule has 2 nitrogen and oxygen atoms in total. The Balaban J connectivity index is 1.75. The van der Waals surface area contributed by atoms with E-state index in [-0.39, 0.29) is 0 Å². The topological polar surface area (TPSA) is 15.3 Å². The first kappa shape index (κ1) is 14.1. The quantitative estimate of drug-likeness (QED) is 0.643. The van der Waals surface area contributed by atoms with Crippen molar-refractivity contribution in [2.75, 3.05) is 19.6 Å². The highest BCUT2D eigenvalue weighted by Gasteiger charge is 2.18. The molecule has 2 rings (SSSR count). The molecule has 1 fully saturated rings. The second-order valence-corrected chi connectivity index (χ2v) is 5.19. The van der Waals surface area contributed by atoms with Gasteiger partial charge in [0.05, 0.1) is 0 Å². The van der Waals surface area contributed by atoms with Gasteiger partial charge in [0.1, 0.15) is 0 Å². The van der Waals surface area contributed by atoms with Gasteiger partial charge >= 0.3 is 0 Å². The van der Waals surface area contributed by atoms with Crippen LogP contribution in [0.1, 0.15) is 31.7 Å². The Labute approximate surface area is 117 Å². The maximum absolute atomic E-state index is 3.63. The number of nitrogens with zero attached hydrogens (tertiary/aromatic N) is 1. The van der Waals surface area contributed by atoms with E-state index in [1.54, 1.807) is 0 Å². The molecule has 1 saturated heterocycles. The average Bonchev–Trinajstić information content (AvgIpc) is 2.45. The molecule has 1 heterocycles. The van der Waals surface area contributed by atoms with Crippen LogP contribution in [0.2, 0.25) is 0 Å². The van der Waals surface area contributed by atoms with Crippen molar-refractivity contribution in [2.24, 2.45) is 0 Å². The molecule has 2 heteroatoms. The SMILES string of the molecule is CC#CCCNC1CCCN(Cc2ccccc2)C1. The van der Waals surface area contributed by atoms with Gasteiger partial charge in [0, 0.05) is 32.1 Å². The fourth-order valence-electron chi connectivity index (χ4n) is 2.67. The summed E-state index contributed by atoms with van der Waals surface area (Å²) in [7, 11) is 0. The molecule has 19 heavy (non-hydrogen) atoms. The van der Waals surface area contributed by atoms with E-state index in [0.29, 0.717) is 6.04 Å². The van der Waals surface area contributed by atoms with E-state index in [1.165, 1.54) is 24.9 Å². The second-order valence-electron chi connectivity index (χ2n) is 5.19. The molecule has 1 aliphatic rings. The predicted octanol–water partition coefficient (Wildman–Crippen LogP) is 2.65. The van der Waals surface area contributed by atoms with Crippen LogP contribution < -0.4 is 5.32 Å². The summed E-state index contributed by atoms with van der Waals surface area (Å²) in [5.74, 6) is 6.06. The summed E-state index contributed by atoms with van der Waals surface area (Å²) in [6.07, 6.45) is 3.56. The summed E-state index contributed by atoms with van der Waals surface area (Å²) >= 11 is 0. The number of hydrogen-bond donors (Lipinski definition) is 1. The lowest BCUT2D eigenvalue weighted by Crippen LogP contribution is -2.45. The Kier molecular flexibility index (Phi) is 5.94. The highest BCUT2D eigenvalue weighted by molar-refractivity contribution is 5.14. The minimum atomic E-state index is 0.635. The first-order chi connectivity index (χ1) is 9.38. The predicted molar refractivity (Wildman–Crippen MR) is 80.8 cm³/mol. The summed E-state index contributed by atoms with van der Waals surface area (Å²) in [5.41, 5.74) is 1.42. The molecule has 1 aromatic rings. The van der Waals surface area contributed by atoms with Crippen molar-refractivity contribution in [3.63, 3.8) is 0 Å². The van der Waals surface area contributed by atoms with Gasteiger partial charge < -0.3 is 5.32 Å². The lowest BCUT2D eigenvalue weighted by molar-refractivity contribution is 0.184. The van der Waals surface area contributed by atoms with E-state index in [4.69, 9.17) is 0 Å². The van der Waals surface area contributed by atoms with Crippen LogP contribution in [0.3, 0.4) is 0 Å². The number of nitrogens with one attached hydrogen (secondary N) is 1. The van der Waals surface area contributed by atoms with Crippen LogP contribution >= 0.6 is 0 Å². The van der Waals surface area contributed by atoms with Crippen molar-refractivity contribution in [1.82, 2.24) is 10.2 Å². The normalized spacial score (nSPS) is 19.7. The molecule has 102 valence electrons. The van der Waals surface area contributed by atoms with Crippen molar-refractivity contribution in [3.8, 4) is 11.8 Å². The Bertz CT molecular complexity index is 416. The van der Waals surface area contributed by atoms with E-state index in [2.05, 4.69) is 52.4 Å². The number of piperidine rings is 1. The maximum Gasteiger partial charge on any atom is 0.0234 e. The largest absolute Gasteiger partial charge is 0.312 e. The van der Waals surface area contributed by atoms with Crippen molar-refractivity contribution >= 4 is 0 Å². The Morgan fingerprint density at radius 2 is 2.16 bits per heavy atom. The summed E-state index contributed by atoms with van der Waals surface area (Å²) < 4.78 is 0. The van der Waals surface area contributed by atoms with Crippen LogP contribution in [-0.4, -0.2) is 30.6 Å².